The van der Waals surface area contributed by atoms with E-state index in [2.05, 4.69) is 18.8 Å². The summed E-state index contributed by atoms with van der Waals surface area (Å²) in [6, 6.07) is 3.80. The van der Waals surface area contributed by atoms with Gasteiger partial charge in [-0.1, -0.05) is 13.8 Å². The average Bonchev–Trinajstić information content (AvgIpc) is 2.58. The van der Waals surface area contributed by atoms with Crippen LogP contribution in [0.4, 0.5) is 0 Å². The van der Waals surface area contributed by atoms with Crippen molar-refractivity contribution in [1.29, 1.82) is 0 Å². The van der Waals surface area contributed by atoms with E-state index in [9.17, 15) is 9.59 Å². The third-order valence-corrected chi connectivity index (χ3v) is 5.72. The van der Waals surface area contributed by atoms with Crippen molar-refractivity contribution in [3.63, 3.8) is 0 Å². The largest absolute Gasteiger partial charge is 0.384 e. The first-order valence-electron chi connectivity index (χ1n) is 8.48. The van der Waals surface area contributed by atoms with E-state index in [1.807, 2.05) is 17.5 Å². The molecule has 1 atom stereocenters. The molecular formula is C20H23NO3S. The molecule has 2 aliphatic rings. The summed E-state index contributed by atoms with van der Waals surface area (Å²) in [7, 11) is 1.59. The van der Waals surface area contributed by atoms with E-state index in [0.29, 0.717) is 25.0 Å². The predicted octanol–water partition coefficient (Wildman–Crippen LogP) is 4.04. The molecule has 0 N–H and O–H groups in total. The summed E-state index contributed by atoms with van der Waals surface area (Å²) in [4.78, 5) is 30.9. The highest BCUT2D eigenvalue weighted by atomic mass is 32.2. The van der Waals surface area contributed by atoms with Crippen molar-refractivity contribution in [1.82, 2.24) is 4.98 Å². The van der Waals surface area contributed by atoms with Crippen LogP contribution in [0.5, 0.6) is 0 Å². The van der Waals surface area contributed by atoms with E-state index < -0.39 is 0 Å². The Kier molecular flexibility index (Phi) is 5.25. The molecule has 1 aliphatic carbocycles. The summed E-state index contributed by atoms with van der Waals surface area (Å²) >= 11 is 1.54. The van der Waals surface area contributed by atoms with Gasteiger partial charge in [-0.3, -0.25) is 14.6 Å². The van der Waals surface area contributed by atoms with Crippen LogP contribution in [0.2, 0.25) is 0 Å². The van der Waals surface area contributed by atoms with Crippen LogP contribution in [0.1, 0.15) is 44.6 Å². The van der Waals surface area contributed by atoms with Gasteiger partial charge in [-0.2, -0.15) is 0 Å². The van der Waals surface area contributed by atoms with Crippen LogP contribution in [0.3, 0.4) is 0 Å². The van der Waals surface area contributed by atoms with Gasteiger partial charge in [0.2, 0.25) is 0 Å². The van der Waals surface area contributed by atoms with Crippen molar-refractivity contribution in [3.8, 4) is 0 Å². The van der Waals surface area contributed by atoms with Gasteiger partial charge in [0.15, 0.2) is 11.6 Å². The van der Waals surface area contributed by atoms with Crippen LogP contribution in [0.15, 0.2) is 46.0 Å². The summed E-state index contributed by atoms with van der Waals surface area (Å²) in [6.07, 6.45) is 5.15. The lowest BCUT2D eigenvalue weighted by molar-refractivity contribution is -0.118. The zero-order valence-electron chi connectivity index (χ0n) is 14.9. The maximum Gasteiger partial charge on any atom is 0.162 e. The number of hydrogen-bond acceptors (Lipinski definition) is 5. The molecule has 1 aromatic heterocycles. The van der Waals surface area contributed by atoms with E-state index in [-0.39, 0.29) is 22.9 Å². The second-order valence-corrected chi connectivity index (χ2v) is 8.31. The number of thioether (sulfide) groups is 1. The molecule has 132 valence electrons. The SMILES string of the molecule is COCCC(=O)C1=CSC2=C(C(=O)CC(C)(C)C2)[C@@H]1c1ccncc1. The molecule has 3 rings (SSSR count). The maximum absolute atomic E-state index is 13.0. The van der Waals surface area contributed by atoms with E-state index in [1.54, 1.807) is 31.3 Å². The smallest absolute Gasteiger partial charge is 0.162 e. The first-order chi connectivity index (χ1) is 11.9. The Labute approximate surface area is 152 Å². The monoisotopic (exact) mass is 357 g/mol. The van der Waals surface area contributed by atoms with Crippen LogP contribution < -0.4 is 0 Å². The first-order valence-corrected chi connectivity index (χ1v) is 9.36. The fraction of sp³-hybridized carbons (Fsp3) is 0.450. The lowest BCUT2D eigenvalue weighted by Crippen LogP contribution is -2.31. The number of methoxy groups -OCH3 is 1. The first kappa shape index (κ1) is 18.1. The Morgan fingerprint density at radius 1 is 1.32 bits per heavy atom. The molecule has 0 aromatic carbocycles. The second kappa shape index (κ2) is 7.26. The molecule has 0 amide bonds. The minimum Gasteiger partial charge on any atom is -0.384 e. The number of hydrogen-bond donors (Lipinski definition) is 0. The van der Waals surface area contributed by atoms with Crippen molar-refractivity contribution in [2.45, 2.75) is 39.0 Å². The van der Waals surface area contributed by atoms with E-state index in [0.717, 1.165) is 22.5 Å². The highest BCUT2D eigenvalue weighted by Crippen LogP contribution is 2.51. The summed E-state index contributed by atoms with van der Waals surface area (Å²) < 4.78 is 5.06. The predicted molar refractivity (Wildman–Crippen MR) is 99.2 cm³/mol. The number of rotatable bonds is 5. The molecule has 0 bridgehead atoms. The van der Waals surface area contributed by atoms with Crippen molar-refractivity contribution >= 4 is 23.3 Å². The fourth-order valence-electron chi connectivity index (χ4n) is 3.53. The van der Waals surface area contributed by atoms with E-state index in [4.69, 9.17) is 4.74 Å². The topological polar surface area (TPSA) is 56.3 Å². The number of carbonyl (C=O) groups excluding carboxylic acids is 2. The number of ether oxygens (including phenoxy) is 1. The minimum atomic E-state index is -0.285. The Bertz CT molecular complexity index is 749. The van der Waals surface area contributed by atoms with Gasteiger partial charge in [0.25, 0.3) is 0 Å². The van der Waals surface area contributed by atoms with Gasteiger partial charge >= 0.3 is 0 Å². The van der Waals surface area contributed by atoms with Gasteiger partial charge in [-0.25, -0.2) is 0 Å². The second-order valence-electron chi connectivity index (χ2n) is 7.35. The molecule has 0 fully saturated rings. The van der Waals surface area contributed by atoms with Crippen molar-refractivity contribution < 1.29 is 14.3 Å². The Hall–Kier alpha value is -1.72. The number of allylic oxidation sites excluding steroid dienone is 3. The minimum absolute atomic E-state index is 0.0306. The summed E-state index contributed by atoms with van der Waals surface area (Å²) in [5, 5.41) is 1.94. The highest BCUT2D eigenvalue weighted by molar-refractivity contribution is 8.06. The molecule has 0 saturated carbocycles. The Morgan fingerprint density at radius 3 is 2.72 bits per heavy atom. The zero-order chi connectivity index (χ0) is 18.0. The number of aromatic nitrogens is 1. The van der Waals surface area contributed by atoms with Crippen molar-refractivity contribution in [2.24, 2.45) is 5.41 Å². The quantitative estimate of drug-likeness (QED) is 0.796. The molecule has 0 spiro atoms. The molecule has 0 radical (unpaired) electrons. The van der Waals surface area contributed by atoms with Gasteiger partial charge in [-0.15, -0.1) is 11.8 Å². The molecule has 4 nitrogen and oxygen atoms in total. The van der Waals surface area contributed by atoms with E-state index >= 15 is 0 Å². The van der Waals surface area contributed by atoms with Gasteiger partial charge in [0.1, 0.15) is 0 Å². The molecule has 25 heavy (non-hydrogen) atoms. The highest BCUT2D eigenvalue weighted by Gasteiger charge is 2.41. The van der Waals surface area contributed by atoms with Gasteiger partial charge in [0, 0.05) is 49.4 Å². The third kappa shape index (κ3) is 3.77. The zero-order valence-corrected chi connectivity index (χ0v) is 15.7. The average molecular weight is 357 g/mol. The van der Waals surface area contributed by atoms with Crippen LogP contribution in [0, 0.1) is 5.41 Å². The molecule has 1 aliphatic heterocycles. The summed E-state index contributed by atoms with van der Waals surface area (Å²) in [5.74, 6) is -0.0849. The van der Waals surface area contributed by atoms with Crippen molar-refractivity contribution in [2.75, 3.05) is 13.7 Å². The molecular weight excluding hydrogens is 334 g/mol. The number of carbonyl (C=O) groups is 2. The number of Topliss-reactive ketones (excluding diaryl/α,β-unsaturated/α-hetero) is 2. The summed E-state index contributed by atoms with van der Waals surface area (Å²) in [6.45, 7) is 4.64. The van der Waals surface area contributed by atoms with Crippen molar-refractivity contribution in [3.05, 3.63) is 51.5 Å². The van der Waals surface area contributed by atoms with E-state index in [1.165, 1.54) is 0 Å². The molecule has 2 heterocycles. The number of pyridine rings is 1. The van der Waals surface area contributed by atoms with Crippen LogP contribution in [0.25, 0.3) is 0 Å². The lowest BCUT2D eigenvalue weighted by atomic mass is 9.71. The normalized spacial score (nSPS) is 22.4. The van der Waals surface area contributed by atoms with Crippen LogP contribution in [-0.4, -0.2) is 30.3 Å². The number of nitrogens with zero attached hydrogens (tertiary/aromatic N) is 1. The van der Waals surface area contributed by atoms with Gasteiger partial charge in [-0.05, 0) is 39.8 Å². The standard InChI is InChI=1S/C20H23NO3S/c1-20(2)10-16(23)19-17(11-20)25-12-14(15(22)6-9-24-3)18(19)13-4-7-21-8-5-13/h4-5,7-8,12,18H,6,9-11H2,1-3H3/t18-/m1/s1. The van der Waals surface area contributed by atoms with Gasteiger partial charge in [0.05, 0.1) is 6.61 Å². The third-order valence-electron chi connectivity index (χ3n) is 4.70. The molecule has 0 unspecified atom stereocenters. The Morgan fingerprint density at radius 2 is 2.04 bits per heavy atom. The van der Waals surface area contributed by atoms with Crippen LogP contribution in [-0.2, 0) is 14.3 Å². The fourth-order valence-corrected chi connectivity index (χ4v) is 4.90. The lowest BCUT2D eigenvalue weighted by Gasteiger charge is -2.37. The van der Waals surface area contributed by atoms with Gasteiger partial charge < -0.3 is 4.74 Å². The molecule has 0 saturated heterocycles. The van der Waals surface area contributed by atoms with Crippen LogP contribution >= 0.6 is 11.8 Å². The Balaban J connectivity index is 2.04. The molecule has 1 aromatic rings. The summed E-state index contributed by atoms with van der Waals surface area (Å²) in [5.41, 5.74) is 2.42. The number of ketones is 2. The maximum atomic E-state index is 13.0. The molecule has 5 heteroatoms.